The van der Waals surface area contributed by atoms with Crippen LogP contribution in [0.5, 0.6) is 0 Å². The second-order valence-corrected chi connectivity index (χ2v) is 4.95. The van der Waals surface area contributed by atoms with Gasteiger partial charge in [-0.25, -0.2) is 4.98 Å². The number of hydrogen-bond acceptors (Lipinski definition) is 3. The van der Waals surface area contributed by atoms with E-state index in [2.05, 4.69) is 10.1 Å². The summed E-state index contributed by atoms with van der Waals surface area (Å²) in [5.74, 6) is 0.572. The minimum absolute atomic E-state index is 0.151. The molecule has 1 heterocycles. The van der Waals surface area contributed by atoms with Gasteiger partial charge in [0.25, 0.3) is 5.56 Å². The molecule has 3 rings (SSSR count). The highest BCUT2D eigenvalue weighted by Gasteiger charge is 2.06. The monoisotopic (exact) mass is 277 g/mol. The van der Waals surface area contributed by atoms with E-state index in [1.807, 2.05) is 49.4 Å². The predicted molar refractivity (Wildman–Crippen MR) is 84.9 cm³/mol. The smallest absolute Gasteiger partial charge is 0.267 e. The lowest BCUT2D eigenvalue weighted by Crippen LogP contribution is -2.20. The van der Waals surface area contributed by atoms with E-state index in [1.54, 1.807) is 19.2 Å². The topological polar surface area (TPSA) is 47.2 Å². The van der Waals surface area contributed by atoms with Crippen LogP contribution < -0.4 is 5.56 Å². The van der Waals surface area contributed by atoms with E-state index >= 15 is 0 Å². The number of fused-ring (bicyclic) bond motifs is 1. The van der Waals surface area contributed by atoms with E-state index in [1.165, 1.54) is 4.68 Å². The van der Waals surface area contributed by atoms with Crippen molar-refractivity contribution in [1.82, 2.24) is 9.66 Å². The van der Waals surface area contributed by atoms with Gasteiger partial charge < -0.3 is 0 Å². The third kappa shape index (κ3) is 2.60. The molecule has 0 aliphatic rings. The summed E-state index contributed by atoms with van der Waals surface area (Å²) in [6.45, 7) is 3.80. The predicted octanol–water partition coefficient (Wildman–Crippen LogP) is 2.90. The maximum atomic E-state index is 12.4. The number of para-hydroxylation sites is 1. The van der Waals surface area contributed by atoms with E-state index in [9.17, 15) is 4.79 Å². The maximum Gasteiger partial charge on any atom is 0.282 e. The van der Waals surface area contributed by atoms with Gasteiger partial charge in [0, 0.05) is 0 Å². The number of aryl methyl sites for hydroxylation is 2. The average molecular weight is 277 g/mol. The molecular formula is C17H15N3O. The van der Waals surface area contributed by atoms with E-state index in [4.69, 9.17) is 0 Å². The zero-order chi connectivity index (χ0) is 14.8. The SMILES string of the molecule is Cc1cccc(/C=N\n2c(C)nc3ccccc3c2=O)c1. The lowest BCUT2D eigenvalue weighted by Gasteiger charge is -2.05. The summed E-state index contributed by atoms with van der Waals surface area (Å²) in [5, 5.41) is 4.86. The minimum atomic E-state index is -0.151. The fourth-order valence-corrected chi connectivity index (χ4v) is 2.25. The molecule has 4 heteroatoms. The molecule has 3 aromatic rings. The molecule has 1 aromatic heterocycles. The zero-order valence-corrected chi connectivity index (χ0v) is 11.9. The van der Waals surface area contributed by atoms with Crippen LogP contribution in [0.25, 0.3) is 10.9 Å². The summed E-state index contributed by atoms with van der Waals surface area (Å²) in [4.78, 5) is 16.9. The average Bonchev–Trinajstić information content (AvgIpc) is 2.47. The summed E-state index contributed by atoms with van der Waals surface area (Å²) >= 11 is 0. The number of aromatic nitrogens is 2. The van der Waals surface area contributed by atoms with Crippen molar-refractivity contribution in [2.24, 2.45) is 5.10 Å². The molecule has 104 valence electrons. The Balaban J connectivity index is 2.11. The van der Waals surface area contributed by atoms with Crippen molar-refractivity contribution >= 4 is 17.1 Å². The molecular weight excluding hydrogens is 262 g/mol. The molecule has 4 nitrogen and oxygen atoms in total. The molecule has 0 saturated carbocycles. The Labute approximate surface area is 122 Å². The van der Waals surface area contributed by atoms with Gasteiger partial charge in [-0.3, -0.25) is 4.79 Å². The van der Waals surface area contributed by atoms with E-state index in [0.717, 1.165) is 11.1 Å². The van der Waals surface area contributed by atoms with Crippen molar-refractivity contribution in [3.8, 4) is 0 Å². The van der Waals surface area contributed by atoms with Gasteiger partial charge in [0.2, 0.25) is 0 Å². The van der Waals surface area contributed by atoms with Gasteiger partial charge in [-0.05, 0) is 31.5 Å². The van der Waals surface area contributed by atoms with Crippen LogP contribution in [0.2, 0.25) is 0 Å². The molecule has 0 aliphatic heterocycles. The van der Waals surface area contributed by atoms with Crippen LogP contribution in [-0.4, -0.2) is 15.9 Å². The first-order valence-corrected chi connectivity index (χ1v) is 6.74. The summed E-state index contributed by atoms with van der Waals surface area (Å²) in [6.07, 6.45) is 1.68. The van der Waals surface area contributed by atoms with Crippen molar-refractivity contribution in [2.45, 2.75) is 13.8 Å². The van der Waals surface area contributed by atoms with Gasteiger partial charge in [0.1, 0.15) is 5.82 Å². The summed E-state index contributed by atoms with van der Waals surface area (Å²) < 4.78 is 1.34. The van der Waals surface area contributed by atoms with Gasteiger partial charge in [-0.15, -0.1) is 0 Å². The minimum Gasteiger partial charge on any atom is -0.267 e. The zero-order valence-electron chi connectivity index (χ0n) is 11.9. The Kier molecular flexibility index (Phi) is 3.36. The standard InChI is InChI=1S/C17H15N3O/c1-12-6-5-7-14(10-12)11-18-20-13(2)19-16-9-4-3-8-15(16)17(20)21/h3-11H,1-2H3/b18-11-. The number of benzene rings is 2. The molecule has 0 aliphatic carbocycles. The van der Waals surface area contributed by atoms with Gasteiger partial charge in [-0.1, -0.05) is 42.0 Å². The third-order valence-electron chi connectivity index (χ3n) is 3.28. The highest BCUT2D eigenvalue weighted by molar-refractivity contribution is 5.80. The van der Waals surface area contributed by atoms with Gasteiger partial charge in [0.15, 0.2) is 0 Å². The molecule has 0 radical (unpaired) electrons. The molecule has 0 amide bonds. The lowest BCUT2D eigenvalue weighted by atomic mass is 10.2. The fraction of sp³-hybridized carbons (Fsp3) is 0.118. The van der Waals surface area contributed by atoms with Crippen LogP contribution in [0.4, 0.5) is 0 Å². The Morgan fingerprint density at radius 3 is 2.71 bits per heavy atom. The van der Waals surface area contributed by atoms with Crippen molar-refractivity contribution in [3.05, 3.63) is 75.8 Å². The summed E-state index contributed by atoms with van der Waals surface area (Å²) in [5.41, 5.74) is 2.65. The second-order valence-electron chi connectivity index (χ2n) is 4.95. The van der Waals surface area contributed by atoms with Gasteiger partial charge in [0.05, 0.1) is 17.1 Å². The lowest BCUT2D eigenvalue weighted by molar-refractivity contribution is 0.771. The first kappa shape index (κ1) is 13.2. The Morgan fingerprint density at radius 1 is 1.10 bits per heavy atom. The number of hydrogen-bond donors (Lipinski definition) is 0. The molecule has 0 atom stereocenters. The summed E-state index contributed by atoms with van der Waals surface area (Å²) in [7, 11) is 0. The van der Waals surface area contributed by atoms with Gasteiger partial charge >= 0.3 is 0 Å². The fourth-order valence-electron chi connectivity index (χ4n) is 2.25. The van der Waals surface area contributed by atoms with E-state index in [-0.39, 0.29) is 5.56 Å². The van der Waals surface area contributed by atoms with Crippen molar-refractivity contribution in [2.75, 3.05) is 0 Å². The number of rotatable bonds is 2. The Bertz CT molecular complexity index is 894. The Hall–Kier alpha value is -2.75. The van der Waals surface area contributed by atoms with Crippen molar-refractivity contribution in [3.63, 3.8) is 0 Å². The van der Waals surface area contributed by atoms with E-state index < -0.39 is 0 Å². The highest BCUT2D eigenvalue weighted by atomic mass is 16.1. The molecule has 0 bridgehead atoms. The van der Waals surface area contributed by atoms with Crippen LogP contribution in [-0.2, 0) is 0 Å². The highest BCUT2D eigenvalue weighted by Crippen LogP contribution is 2.07. The van der Waals surface area contributed by atoms with Crippen LogP contribution in [0.3, 0.4) is 0 Å². The normalized spacial score (nSPS) is 11.3. The quantitative estimate of drug-likeness (QED) is 0.676. The van der Waals surface area contributed by atoms with Crippen LogP contribution >= 0.6 is 0 Å². The molecule has 21 heavy (non-hydrogen) atoms. The number of nitrogens with zero attached hydrogens (tertiary/aromatic N) is 3. The largest absolute Gasteiger partial charge is 0.282 e. The Morgan fingerprint density at radius 2 is 1.90 bits per heavy atom. The third-order valence-corrected chi connectivity index (χ3v) is 3.28. The molecule has 2 aromatic carbocycles. The molecule has 0 fully saturated rings. The van der Waals surface area contributed by atoms with E-state index in [0.29, 0.717) is 16.7 Å². The summed E-state index contributed by atoms with van der Waals surface area (Å²) in [6, 6.07) is 15.2. The molecule has 0 N–H and O–H groups in total. The van der Waals surface area contributed by atoms with Crippen LogP contribution in [0, 0.1) is 13.8 Å². The molecule has 0 saturated heterocycles. The molecule has 0 unspecified atom stereocenters. The molecule has 0 spiro atoms. The van der Waals surface area contributed by atoms with Crippen molar-refractivity contribution < 1.29 is 0 Å². The van der Waals surface area contributed by atoms with Crippen molar-refractivity contribution in [1.29, 1.82) is 0 Å². The maximum absolute atomic E-state index is 12.4. The van der Waals surface area contributed by atoms with Crippen LogP contribution in [0.1, 0.15) is 17.0 Å². The van der Waals surface area contributed by atoms with Crippen LogP contribution in [0.15, 0.2) is 58.4 Å². The first-order valence-electron chi connectivity index (χ1n) is 6.74. The van der Waals surface area contributed by atoms with Gasteiger partial charge in [-0.2, -0.15) is 9.78 Å². The first-order chi connectivity index (χ1) is 10.1. The second kappa shape index (κ2) is 5.32.